The van der Waals surface area contributed by atoms with Crippen molar-refractivity contribution in [1.82, 2.24) is 9.13 Å². The molecule has 0 atom stereocenters. The number of nitrogens with two attached hydrogens (primary N) is 1. The molecular formula is C14H15BrFN3O2. The zero-order valence-corrected chi connectivity index (χ0v) is 12.8. The third-order valence-corrected chi connectivity index (χ3v) is 3.57. The fourth-order valence-electron chi connectivity index (χ4n) is 1.98. The van der Waals surface area contributed by atoms with Gasteiger partial charge in [-0.05, 0) is 31.2 Å². The third kappa shape index (κ3) is 3.68. The Kier molecular flexibility index (Phi) is 5.08. The minimum absolute atomic E-state index is 0.0625. The van der Waals surface area contributed by atoms with Gasteiger partial charge in [-0.1, -0.05) is 15.9 Å². The van der Waals surface area contributed by atoms with Crippen LogP contribution in [-0.2, 0) is 13.1 Å². The van der Waals surface area contributed by atoms with Gasteiger partial charge in [-0.25, -0.2) is 9.18 Å². The first-order chi connectivity index (χ1) is 10.0. The topological polar surface area (TPSA) is 70.0 Å². The molecule has 5 nitrogen and oxygen atoms in total. The number of hydrogen-bond donors (Lipinski definition) is 1. The molecule has 1 heterocycles. The van der Waals surface area contributed by atoms with Gasteiger partial charge in [0.1, 0.15) is 5.82 Å². The van der Waals surface area contributed by atoms with E-state index in [1.54, 1.807) is 12.1 Å². The van der Waals surface area contributed by atoms with Crippen LogP contribution >= 0.6 is 15.9 Å². The van der Waals surface area contributed by atoms with E-state index in [0.29, 0.717) is 18.5 Å². The Morgan fingerprint density at radius 1 is 1.24 bits per heavy atom. The Balaban J connectivity index is 2.39. The molecule has 0 unspecified atom stereocenters. The summed E-state index contributed by atoms with van der Waals surface area (Å²) in [6.45, 7) is 0.712. The predicted molar refractivity (Wildman–Crippen MR) is 81.8 cm³/mol. The summed E-state index contributed by atoms with van der Waals surface area (Å²) >= 11 is 3.27. The van der Waals surface area contributed by atoms with Gasteiger partial charge >= 0.3 is 5.69 Å². The molecule has 0 radical (unpaired) electrons. The van der Waals surface area contributed by atoms with Gasteiger partial charge in [-0.2, -0.15) is 0 Å². The molecule has 0 bridgehead atoms. The average molecular weight is 356 g/mol. The molecule has 2 aromatic rings. The Morgan fingerprint density at radius 3 is 2.71 bits per heavy atom. The van der Waals surface area contributed by atoms with Crippen LogP contribution in [0.1, 0.15) is 12.0 Å². The smallest absolute Gasteiger partial charge is 0.330 e. The third-order valence-electron chi connectivity index (χ3n) is 3.07. The van der Waals surface area contributed by atoms with Crippen molar-refractivity contribution < 1.29 is 4.39 Å². The van der Waals surface area contributed by atoms with Crippen molar-refractivity contribution in [3.63, 3.8) is 0 Å². The van der Waals surface area contributed by atoms with Crippen molar-refractivity contribution in [1.29, 1.82) is 0 Å². The predicted octanol–water partition coefficient (Wildman–Crippen LogP) is 1.31. The number of hydrogen-bond acceptors (Lipinski definition) is 3. The van der Waals surface area contributed by atoms with Crippen molar-refractivity contribution in [2.75, 3.05) is 6.54 Å². The first-order valence-electron chi connectivity index (χ1n) is 6.47. The second kappa shape index (κ2) is 6.82. The summed E-state index contributed by atoms with van der Waals surface area (Å²) in [7, 11) is 0. The van der Waals surface area contributed by atoms with Gasteiger partial charge in [0.15, 0.2) is 0 Å². The molecule has 0 aliphatic heterocycles. The minimum Gasteiger partial charge on any atom is -0.330 e. The number of aromatic nitrogens is 2. The van der Waals surface area contributed by atoms with E-state index in [4.69, 9.17) is 5.73 Å². The molecule has 0 aliphatic rings. The van der Waals surface area contributed by atoms with Gasteiger partial charge in [0.25, 0.3) is 5.56 Å². The normalized spacial score (nSPS) is 10.8. The lowest BCUT2D eigenvalue weighted by Crippen LogP contribution is -2.39. The fourth-order valence-corrected chi connectivity index (χ4v) is 2.39. The SMILES string of the molecule is NCCCn1c(=O)ccn(Cc2cc(Br)ccc2F)c1=O. The van der Waals surface area contributed by atoms with Crippen LogP contribution in [0.3, 0.4) is 0 Å². The van der Waals surface area contributed by atoms with E-state index in [-0.39, 0.29) is 18.6 Å². The fraction of sp³-hybridized carbons (Fsp3) is 0.286. The largest absolute Gasteiger partial charge is 0.331 e. The van der Waals surface area contributed by atoms with E-state index in [2.05, 4.69) is 15.9 Å². The summed E-state index contributed by atoms with van der Waals surface area (Å²) in [5.74, 6) is -0.398. The molecule has 0 saturated carbocycles. The quantitative estimate of drug-likeness (QED) is 0.878. The lowest BCUT2D eigenvalue weighted by molar-refractivity contribution is 0.542. The van der Waals surface area contributed by atoms with Gasteiger partial charge in [-0.15, -0.1) is 0 Å². The van der Waals surface area contributed by atoms with E-state index >= 15 is 0 Å². The highest BCUT2D eigenvalue weighted by Gasteiger charge is 2.08. The number of nitrogens with zero attached hydrogens (tertiary/aromatic N) is 2. The molecule has 1 aromatic heterocycles. The lowest BCUT2D eigenvalue weighted by Gasteiger charge is -2.10. The highest BCUT2D eigenvalue weighted by Crippen LogP contribution is 2.15. The summed E-state index contributed by atoms with van der Waals surface area (Å²) in [5, 5.41) is 0. The first kappa shape index (κ1) is 15.7. The van der Waals surface area contributed by atoms with E-state index in [1.165, 1.54) is 22.9 Å². The van der Waals surface area contributed by atoms with Crippen molar-refractivity contribution in [3.8, 4) is 0 Å². The van der Waals surface area contributed by atoms with E-state index in [1.807, 2.05) is 0 Å². The number of halogens is 2. The summed E-state index contributed by atoms with van der Waals surface area (Å²) in [5.41, 5.74) is 4.93. The molecule has 0 spiro atoms. The summed E-state index contributed by atoms with van der Waals surface area (Å²) in [6.07, 6.45) is 1.91. The van der Waals surface area contributed by atoms with Crippen molar-refractivity contribution >= 4 is 15.9 Å². The molecule has 2 N–H and O–H groups in total. The molecule has 2 rings (SSSR count). The Labute approximate surface area is 129 Å². The second-order valence-electron chi connectivity index (χ2n) is 4.59. The molecule has 7 heteroatoms. The Morgan fingerprint density at radius 2 is 2.00 bits per heavy atom. The standard InChI is InChI=1S/C14H15BrFN3O2/c15-11-2-3-12(16)10(8-11)9-18-7-4-13(20)19(14(18)21)6-1-5-17/h2-4,7-8H,1,5-6,9,17H2. The second-order valence-corrected chi connectivity index (χ2v) is 5.51. The summed E-state index contributed by atoms with van der Waals surface area (Å²) < 4.78 is 16.9. The van der Waals surface area contributed by atoms with Crippen LogP contribution in [-0.4, -0.2) is 15.7 Å². The molecule has 0 aliphatic carbocycles. The highest BCUT2D eigenvalue weighted by atomic mass is 79.9. The van der Waals surface area contributed by atoms with Crippen LogP contribution in [0.25, 0.3) is 0 Å². The summed E-state index contributed by atoms with van der Waals surface area (Å²) in [6, 6.07) is 5.82. The lowest BCUT2D eigenvalue weighted by atomic mass is 10.2. The molecule has 0 amide bonds. The van der Waals surface area contributed by atoms with Crippen LogP contribution in [0.15, 0.2) is 44.5 Å². The van der Waals surface area contributed by atoms with Gasteiger partial charge < -0.3 is 5.73 Å². The van der Waals surface area contributed by atoms with Crippen LogP contribution in [0.2, 0.25) is 0 Å². The maximum absolute atomic E-state index is 13.7. The average Bonchev–Trinajstić information content (AvgIpc) is 2.46. The van der Waals surface area contributed by atoms with Crippen LogP contribution in [0, 0.1) is 5.82 Å². The molecule has 21 heavy (non-hydrogen) atoms. The van der Waals surface area contributed by atoms with Crippen LogP contribution in [0.5, 0.6) is 0 Å². The van der Waals surface area contributed by atoms with Crippen molar-refractivity contribution in [3.05, 3.63) is 67.2 Å². The Bertz CT molecular complexity index is 755. The van der Waals surface area contributed by atoms with Gasteiger partial charge in [-0.3, -0.25) is 13.9 Å². The highest BCUT2D eigenvalue weighted by molar-refractivity contribution is 9.10. The zero-order valence-electron chi connectivity index (χ0n) is 11.3. The summed E-state index contributed by atoms with van der Waals surface area (Å²) in [4.78, 5) is 23.9. The van der Waals surface area contributed by atoms with Crippen molar-refractivity contribution in [2.45, 2.75) is 19.5 Å². The molecule has 0 saturated heterocycles. The molecule has 1 aromatic carbocycles. The van der Waals surface area contributed by atoms with E-state index in [9.17, 15) is 14.0 Å². The van der Waals surface area contributed by atoms with Gasteiger partial charge in [0, 0.05) is 28.8 Å². The molecule has 112 valence electrons. The number of benzene rings is 1. The van der Waals surface area contributed by atoms with Gasteiger partial charge in [0.2, 0.25) is 0 Å². The number of rotatable bonds is 5. The van der Waals surface area contributed by atoms with E-state index in [0.717, 1.165) is 9.04 Å². The van der Waals surface area contributed by atoms with Crippen LogP contribution in [0.4, 0.5) is 4.39 Å². The van der Waals surface area contributed by atoms with Crippen LogP contribution < -0.4 is 17.0 Å². The maximum atomic E-state index is 13.7. The monoisotopic (exact) mass is 355 g/mol. The first-order valence-corrected chi connectivity index (χ1v) is 7.26. The maximum Gasteiger partial charge on any atom is 0.331 e. The Hall–Kier alpha value is -1.73. The van der Waals surface area contributed by atoms with E-state index < -0.39 is 11.5 Å². The zero-order chi connectivity index (χ0) is 15.4. The molecular weight excluding hydrogens is 341 g/mol. The molecule has 0 fully saturated rings. The minimum atomic E-state index is -0.463. The van der Waals surface area contributed by atoms with Crippen molar-refractivity contribution in [2.24, 2.45) is 5.73 Å². The van der Waals surface area contributed by atoms with Gasteiger partial charge in [0.05, 0.1) is 6.54 Å².